The van der Waals surface area contributed by atoms with Gasteiger partial charge in [0.25, 0.3) is 0 Å². The fourth-order valence-corrected chi connectivity index (χ4v) is 1.70. The Labute approximate surface area is 90.1 Å². The van der Waals surface area contributed by atoms with Crippen molar-refractivity contribution < 1.29 is 0 Å². The molecule has 0 aliphatic carbocycles. The maximum absolute atomic E-state index is 5.75. The molecule has 2 heteroatoms. The highest BCUT2D eigenvalue weighted by Gasteiger charge is 2.00. The molecule has 0 aliphatic rings. The second-order valence-electron chi connectivity index (χ2n) is 3.96. The third-order valence-corrected chi connectivity index (χ3v) is 2.42. The maximum atomic E-state index is 5.75. The standard InChI is InChI=1S/C13H16N2/c1-10(14)9-11-4-6-12(7-5-11)13-3-2-8-15-13/h2-8,10,15H,9,14H2,1H3. The summed E-state index contributed by atoms with van der Waals surface area (Å²) >= 11 is 0. The van der Waals surface area contributed by atoms with Gasteiger partial charge in [0, 0.05) is 17.9 Å². The molecule has 0 fully saturated rings. The quantitative estimate of drug-likeness (QED) is 0.785. The predicted molar refractivity (Wildman–Crippen MR) is 63.6 cm³/mol. The molecule has 3 N–H and O–H groups in total. The minimum Gasteiger partial charge on any atom is -0.361 e. The molecule has 1 heterocycles. The summed E-state index contributed by atoms with van der Waals surface area (Å²) < 4.78 is 0. The molecule has 2 aromatic rings. The van der Waals surface area contributed by atoms with E-state index >= 15 is 0 Å². The van der Waals surface area contributed by atoms with Gasteiger partial charge in [-0.15, -0.1) is 0 Å². The van der Waals surface area contributed by atoms with Crippen molar-refractivity contribution in [2.24, 2.45) is 5.73 Å². The van der Waals surface area contributed by atoms with E-state index in [9.17, 15) is 0 Å². The molecule has 0 saturated heterocycles. The van der Waals surface area contributed by atoms with Crippen molar-refractivity contribution in [3.8, 4) is 11.3 Å². The van der Waals surface area contributed by atoms with E-state index in [0.717, 1.165) is 12.1 Å². The minimum absolute atomic E-state index is 0.223. The van der Waals surface area contributed by atoms with E-state index in [1.54, 1.807) is 0 Å². The van der Waals surface area contributed by atoms with Crippen molar-refractivity contribution in [3.63, 3.8) is 0 Å². The first-order valence-corrected chi connectivity index (χ1v) is 5.24. The number of aromatic nitrogens is 1. The highest BCUT2D eigenvalue weighted by atomic mass is 14.7. The van der Waals surface area contributed by atoms with E-state index in [4.69, 9.17) is 5.73 Å². The number of benzene rings is 1. The van der Waals surface area contributed by atoms with Crippen LogP contribution in [0.5, 0.6) is 0 Å². The van der Waals surface area contributed by atoms with Crippen molar-refractivity contribution in [2.45, 2.75) is 19.4 Å². The molecule has 0 saturated carbocycles. The van der Waals surface area contributed by atoms with Crippen molar-refractivity contribution >= 4 is 0 Å². The van der Waals surface area contributed by atoms with Crippen LogP contribution in [-0.2, 0) is 6.42 Å². The van der Waals surface area contributed by atoms with E-state index in [2.05, 4.69) is 35.3 Å². The van der Waals surface area contributed by atoms with Crippen LogP contribution in [0, 0.1) is 0 Å². The molecule has 78 valence electrons. The summed E-state index contributed by atoms with van der Waals surface area (Å²) in [6, 6.07) is 12.8. The lowest BCUT2D eigenvalue weighted by Crippen LogP contribution is -2.17. The lowest BCUT2D eigenvalue weighted by atomic mass is 10.0. The monoisotopic (exact) mass is 200 g/mol. The fourth-order valence-electron chi connectivity index (χ4n) is 1.70. The summed E-state index contributed by atoms with van der Waals surface area (Å²) in [6.45, 7) is 2.03. The second-order valence-corrected chi connectivity index (χ2v) is 3.96. The van der Waals surface area contributed by atoms with E-state index in [1.165, 1.54) is 11.1 Å². The van der Waals surface area contributed by atoms with Gasteiger partial charge in [0.1, 0.15) is 0 Å². The number of aromatic amines is 1. The Hall–Kier alpha value is -1.54. The molecule has 2 rings (SSSR count). The summed E-state index contributed by atoms with van der Waals surface area (Å²) in [5.41, 5.74) is 9.41. The van der Waals surface area contributed by atoms with Crippen LogP contribution in [0.3, 0.4) is 0 Å². The largest absolute Gasteiger partial charge is 0.361 e. The summed E-state index contributed by atoms with van der Waals surface area (Å²) in [4.78, 5) is 3.19. The van der Waals surface area contributed by atoms with Crippen molar-refractivity contribution in [1.82, 2.24) is 4.98 Å². The fraction of sp³-hybridized carbons (Fsp3) is 0.231. The van der Waals surface area contributed by atoms with Crippen LogP contribution < -0.4 is 5.73 Å². The lowest BCUT2D eigenvalue weighted by Gasteiger charge is -2.05. The number of rotatable bonds is 3. The third kappa shape index (κ3) is 2.48. The summed E-state index contributed by atoms with van der Waals surface area (Å²) in [5, 5.41) is 0. The predicted octanol–water partition coefficient (Wildman–Crippen LogP) is 2.57. The number of hydrogen-bond acceptors (Lipinski definition) is 1. The summed E-state index contributed by atoms with van der Waals surface area (Å²) in [5.74, 6) is 0. The van der Waals surface area contributed by atoms with Crippen molar-refractivity contribution in [3.05, 3.63) is 48.2 Å². The Morgan fingerprint density at radius 3 is 2.47 bits per heavy atom. The van der Waals surface area contributed by atoms with Crippen LogP contribution in [-0.4, -0.2) is 11.0 Å². The highest BCUT2D eigenvalue weighted by Crippen LogP contribution is 2.17. The molecule has 2 nitrogen and oxygen atoms in total. The first-order chi connectivity index (χ1) is 7.25. The zero-order valence-corrected chi connectivity index (χ0v) is 8.90. The molecular formula is C13H16N2. The number of nitrogens with one attached hydrogen (secondary N) is 1. The van der Waals surface area contributed by atoms with E-state index in [0.29, 0.717) is 0 Å². The van der Waals surface area contributed by atoms with Gasteiger partial charge in [-0.25, -0.2) is 0 Å². The second kappa shape index (κ2) is 4.32. The van der Waals surface area contributed by atoms with Crippen LogP contribution in [0.25, 0.3) is 11.3 Å². The first kappa shape index (κ1) is 9.99. The Kier molecular flexibility index (Phi) is 2.88. The Balaban J connectivity index is 2.17. The van der Waals surface area contributed by atoms with Crippen molar-refractivity contribution in [2.75, 3.05) is 0 Å². The molecule has 15 heavy (non-hydrogen) atoms. The van der Waals surface area contributed by atoms with E-state index in [-0.39, 0.29) is 6.04 Å². The Bertz CT molecular complexity index is 399. The van der Waals surface area contributed by atoms with Gasteiger partial charge in [-0.3, -0.25) is 0 Å². The Morgan fingerprint density at radius 1 is 1.20 bits per heavy atom. The van der Waals surface area contributed by atoms with Gasteiger partial charge < -0.3 is 10.7 Å². The van der Waals surface area contributed by atoms with Crippen molar-refractivity contribution in [1.29, 1.82) is 0 Å². The zero-order valence-electron chi connectivity index (χ0n) is 8.90. The molecule has 1 aromatic heterocycles. The molecule has 0 radical (unpaired) electrons. The lowest BCUT2D eigenvalue weighted by molar-refractivity contribution is 0.738. The summed E-state index contributed by atoms with van der Waals surface area (Å²) in [6.07, 6.45) is 2.87. The summed E-state index contributed by atoms with van der Waals surface area (Å²) in [7, 11) is 0. The molecule has 0 amide bonds. The van der Waals surface area contributed by atoms with Gasteiger partial charge >= 0.3 is 0 Å². The minimum atomic E-state index is 0.223. The average molecular weight is 200 g/mol. The number of nitrogens with two attached hydrogens (primary N) is 1. The molecule has 1 atom stereocenters. The Morgan fingerprint density at radius 2 is 1.93 bits per heavy atom. The van der Waals surface area contributed by atoms with Gasteiger partial charge in [0.05, 0.1) is 0 Å². The van der Waals surface area contributed by atoms with E-state index in [1.807, 2.05) is 19.2 Å². The molecule has 0 aliphatic heterocycles. The third-order valence-electron chi connectivity index (χ3n) is 2.42. The molecule has 1 unspecified atom stereocenters. The van der Waals surface area contributed by atoms with Gasteiger partial charge in [0.15, 0.2) is 0 Å². The van der Waals surface area contributed by atoms with Crippen LogP contribution in [0.1, 0.15) is 12.5 Å². The van der Waals surface area contributed by atoms with Gasteiger partial charge in [-0.05, 0) is 36.6 Å². The normalized spacial score (nSPS) is 12.7. The maximum Gasteiger partial charge on any atom is 0.0453 e. The molecule has 0 spiro atoms. The number of hydrogen-bond donors (Lipinski definition) is 2. The zero-order chi connectivity index (χ0) is 10.7. The van der Waals surface area contributed by atoms with Crippen LogP contribution >= 0.6 is 0 Å². The van der Waals surface area contributed by atoms with Gasteiger partial charge in [-0.2, -0.15) is 0 Å². The van der Waals surface area contributed by atoms with Crippen LogP contribution in [0.4, 0.5) is 0 Å². The van der Waals surface area contributed by atoms with E-state index < -0.39 is 0 Å². The smallest absolute Gasteiger partial charge is 0.0453 e. The van der Waals surface area contributed by atoms with Crippen LogP contribution in [0.15, 0.2) is 42.6 Å². The molecule has 0 bridgehead atoms. The topological polar surface area (TPSA) is 41.8 Å². The average Bonchev–Trinajstić information content (AvgIpc) is 2.71. The van der Waals surface area contributed by atoms with Gasteiger partial charge in [-0.1, -0.05) is 24.3 Å². The molecular weight excluding hydrogens is 184 g/mol. The SMILES string of the molecule is CC(N)Cc1ccc(-c2ccc[nH]2)cc1. The van der Waals surface area contributed by atoms with Crippen LogP contribution in [0.2, 0.25) is 0 Å². The molecule has 1 aromatic carbocycles. The highest BCUT2D eigenvalue weighted by molar-refractivity contribution is 5.59. The van der Waals surface area contributed by atoms with Gasteiger partial charge in [0.2, 0.25) is 0 Å². The number of H-pyrrole nitrogens is 1. The first-order valence-electron chi connectivity index (χ1n) is 5.24.